The van der Waals surface area contributed by atoms with Crippen molar-refractivity contribution in [2.24, 2.45) is 0 Å². The number of hydrogen-bond acceptors (Lipinski definition) is 6. The molecule has 0 radical (unpaired) electrons. The molecule has 1 aliphatic rings. The van der Waals surface area contributed by atoms with Gasteiger partial charge >= 0.3 is 6.18 Å². The van der Waals surface area contributed by atoms with Crippen LogP contribution in [-0.4, -0.2) is 56.0 Å². The minimum absolute atomic E-state index is 0.129. The van der Waals surface area contributed by atoms with E-state index >= 15 is 0 Å². The second-order valence-electron chi connectivity index (χ2n) is 8.12. The SMILES string of the molecule is Cc1c(Cc2c(CO)nc3c(-c4ncc[nH]4)cc(N4CCOCC4)nn23)cccc1C(F)(F)F. The second kappa shape index (κ2) is 8.73. The summed E-state index contributed by atoms with van der Waals surface area (Å²) in [5, 5.41) is 14.8. The number of nitrogens with zero attached hydrogens (tertiary/aromatic N) is 5. The van der Waals surface area contributed by atoms with Gasteiger partial charge in [0.25, 0.3) is 0 Å². The minimum Gasteiger partial charge on any atom is -0.390 e. The smallest absolute Gasteiger partial charge is 0.390 e. The van der Waals surface area contributed by atoms with E-state index < -0.39 is 11.7 Å². The monoisotopic (exact) mass is 472 g/mol. The standard InChI is InChI=1S/C23H23F3N6O2/c1-14-15(3-2-4-17(14)23(24,25)26)11-19-18(13-33)29-22-16(21-27-5-6-28-21)12-20(30-32(19)22)31-7-9-34-10-8-31/h2-6,12,33H,7-11,13H2,1H3,(H,27,28). The minimum atomic E-state index is -4.45. The number of halogens is 3. The van der Waals surface area contributed by atoms with Crippen LogP contribution in [0.2, 0.25) is 0 Å². The Balaban J connectivity index is 1.69. The maximum Gasteiger partial charge on any atom is 0.416 e. The lowest BCUT2D eigenvalue weighted by Crippen LogP contribution is -2.37. The highest BCUT2D eigenvalue weighted by Crippen LogP contribution is 2.34. The summed E-state index contributed by atoms with van der Waals surface area (Å²) in [5.41, 5.74) is 1.99. The van der Waals surface area contributed by atoms with Gasteiger partial charge in [-0.2, -0.15) is 13.2 Å². The fourth-order valence-corrected chi connectivity index (χ4v) is 4.30. The summed E-state index contributed by atoms with van der Waals surface area (Å²) in [6, 6.07) is 6.01. The molecule has 1 aliphatic heterocycles. The van der Waals surface area contributed by atoms with Crippen molar-refractivity contribution in [3.63, 3.8) is 0 Å². The van der Waals surface area contributed by atoms with Crippen LogP contribution in [0.3, 0.4) is 0 Å². The first-order chi connectivity index (χ1) is 16.4. The predicted octanol–water partition coefficient (Wildman–Crippen LogP) is 3.37. The molecule has 3 aromatic heterocycles. The maximum atomic E-state index is 13.5. The van der Waals surface area contributed by atoms with Crippen molar-refractivity contribution in [3.8, 4) is 11.4 Å². The normalized spacial score (nSPS) is 14.8. The molecule has 34 heavy (non-hydrogen) atoms. The van der Waals surface area contributed by atoms with E-state index in [1.165, 1.54) is 13.0 Å². The zero-order valence-corrected chi connectivity index (χ0v) is 18.4. The van der Waals surface area contributed by atoms with Gasteiger partial charge in [-0.05, 0) is 30.2 Å². The van der Waals surface area contributed by atoms with Crippen molar-refractivity contribution < 1.29 is 23.0 Å². The van der Waals surface area contributed by atoms with Crippen molar-refractivity contribution in [2.45, 2.75) is 26.1 Å². The lowest BCUT2D eigenvalue weighted by molar-refractivity contribution is -0.138. The number of aliphatic hydroxyl groups excluding tert-OH is 1. The van der Waals surface area contributed by atoms with Gasteiger partial charge in [-0.15, -0.1) is 5.10 Å². The zero-order valence-electron chi connectivity index (χ0n) is 18.4. The fraction of sp³-hybridized carbons (Fsp3) is 0.348. The summed E-state index contributed by atoms with van der Waals surface area (Å²) < 4.78 is 47.5. The number of aliphatic hydroxyl groups is 1. The summed E-state index contributed by atoms with van der Waals surface area (Å²) in [6.45, 7) is 3.53. The Hall–Kier alpha value is -3.44. The number of nitrogens with one attached hydrogen (secondary N) is 1. The van der Waals surface area contributed by atoms with Crippen molar-refractivity contribution in [3.05, 3.63) is 64.7 Å². The van der Waals surface area contributed by atoms with Gasteiger partial charge in [-0.1, -0.05) is 12.1 Å². The highest BCUT2D eigenvalue weighted by atomic mass is 19.4. The van der Waals surface area contributed by atoms with E-state index in [2.05, 4.69) is 19.9 Å². The van der Waals surface area contributed by atoms with Crippen molar-refractivity contribution in [1.29, 1.82) is 0 Å². The molecular weight excluding hydrogens is 449 g/mol. The van der Waals surface area contributed by atoms with Crippen LogP contribution in [0.25, 0.3) is 17.0 Å². The Morgan fingerprint density at radius 1 is 1.21 bits per heavy atom. The van der Waals surface area contributed by atoms with E-state index in [4.69, 9.17) is 9.84 Å². The number of rotatable bonds is 5. The Morgan fingerprint density at radius 2 is 2.00 bits per heavy atom. The molecule has 2 N–H and O–H groups in total. The molecule has 4 aromatic rings. The molecule has 0 aliphatic carbocycles. The highest BCUT2D eigenvalue weighted by Gasteiger charge is 2.33. The molecule has 1 fully saturated rings. The number of hydrogen-bond donors (Lipinski definition) is 2. The van der Waals surface area contributed by atoms with E-state index in [9.17, 15) is 18.3 Å². The van der Waals surface area contributed by atoms with Gasteiger partial charge in [-0.3, -0.25) is 0 Å². The number of aromatic amines is 1. The first-order valence-corrected chi connectivity index (χ1v) is 10.9. The summed E-state index contributed by atoms with van der Waals surface area (Å²) in [6.07, 6.45) is -0.996. The molecule has 178 valence electrons. The van der Waals surface area contributed by atoms with Gasteiger partial charge in [0.1, 0.15) is 5.82 Å². The van der Waals surface area contributed by atoms with E-state index in [0.29, 0.717) is 66.1 Å². The van der Waals surface area contributed by atoms with Gasteiger partial charge in [0, 0.05) is 31.9 Å². The molecule has 0 atom stereocenters. The van der Waals surface area contributed by atoms with Gasteiger partial charge in [0.05, 0.1) is 42.3 Å². The maximum absolute atomic E-state index is 13.5. The Kier molecular flexibility index (Phi) is 5.74. The fourth-order valence-electron chi connectivity index (χ4n) is 4.30. The third-order valence-corrected chi connectivity index (χ3v) is 6.09. The molecule has 8 nitrogen and oxygen atoms in total. The van der Waals surface area contributed by atoms with Gasteiger partial charge in [0.2, 0.25) is 0 Å². The zero-order chi connectivity index (χ0) is 23.9. The molecule has 0 saturated carbocycles. The summed E-state index contributed by atoms with van der Waals surface area (Å²) in [5.74, 6) is 1.25. The molecular formula is C23H23F3N6O2. The number of ether oxygens (including phenoxy) is 1. The van der Waals surface area contributed by atoms with E-state index in [1.54, 1.807) is 23.0 Å². The van der Waals surface area contributed by atoms with Crippen LogP contribution in [-0.2, 0) is 23.9 Å². The number of fused-ring (bicyclic) bond motifs is 1. The Bertz CT molecular complexity index is 1310. The average molecular weight is 472 g/mol. The predicted molar refractivity (Wildman–Crippen MR) is 119 cm³/mol. The molecule has 11 heteroatoms. The first kappa shape index (κ1) is 22.4. The molecule has 0 amide bonds. The number of morpholine rings is 1. The molecule has 1 saturated heterocycles. The topological polar surface area (TPSA) is 91.6 Å². The van der Waals surface area contributed by atoms with Crippen molar-refractivity contribution in [1.82, 2.24) is 24.6 Å². The summed E-state index contributed by atoms with van der Waals surface area (Å²) >= 11 is 0. The number of aromatic nitrogens is 5. The third-order valence-electron chi connectivity index (χ3n) is 6.09. The van der Waals surface area contributed by atoms with E-state index in [-0.39, 0.29) is 18.6 Å². The van der Waals surface area contributed by atoms with Crippen LogP contribution in [0, 0.1) is 6.92 Å². The molecule has 0 bridgehead atoms. The van der Waals surface area contributed by atoms with Gasteiger partial charge in [0.15, 0.2) is 11.5 Å². The number of alkyl halides is 3. The largest absolute Gasteiger partial charge is 0.416 e. The number of benzene rings is 1. The Labute approximate surface area is 193 Å². The van der Waals surface area contributed by atoms with Gasteiger partial charge in [-0.25, -0.2) is 14.5 Å². The molecule has 0 unspecified atom stereocenters. The number of anilines is 1. The molecule has 1 aromatic carbocycles. The average Bonchev–Trinajstić information content (AvgIpc) is 3.48. The van der Waals surface area contributed by atoms with Crippen LogP contribution in [0.15, 0.2) is 36.7 Å². The van der Waals surface area contributed by atoms with E-state index in [1.807, 2.05) is 6.07 Å². The third kappa shape index (κ3) is 4.01. The van der Waals surface area contributed by atoms with Crippen LogP contribution in [0.5, 0.6) is 0 Å². The second-order valence-corrected chi connectivity index (χ2v) is 8.12. The molecule has 4 heterocycles. The Morgan fingerprint density at radius 3 is 2.68 bits per heavy atom. The van der Waals surface area contributed by atoms with E-state index in [0.717, 1.165) is 6.07 Å². The van der Waals surface area contributed by atoms with Crippen molar-refractivity contribution in [2.75, 3.05) is 31.2 Å². The van der Waals surface area contributed by atoms with Gasteiger partial charge < -0.3 is 19.7 Å². The first-order valence-electron chi connectivity index (χ1n) is 10.9. The van der Waals surface area contributed by atoms with Crippen LogP contribution in [0.1, 0.15) is 28.1 Å². The summed E-state index contributed by atoms with van der Waals surface area (Å²) in [4.78, 5) is 14.1. The summed E-state index contributed by atoms with van der Waals surface area (Å²) in [7, 11) is 0. The lowest BCUT2D eigenvalue weighted by Gasteiger charge is -2.28. The van der Waals surface area contributed by atoms with Crippen molar-refractivity contribution >= 4 is 11.5 Å². The number of H-pyrrole nitrogens is 1. The number of imidazole rings is 2. The van der Waals surface area contributed by atoms with Crippen LogP contribution >= 0.6 is 0 Å². The lowest BCUT2D eigenvalue weighted by atomic mass is 9.98. The quantitative estimate of drug-likeness (QED) is 0.463. The molecule has 5 rings (SSSR count). The van der Waals surface area contributed by atoms with Crippen LogP contribution in [0.4, 0.5) is 19.0 Å². The van der Waals surface area contributed by atoms with Crippen LogP contribution < -0.4 is 4.90 Å². The highest BCUT2D eigenvalue weighted by molar-refractivity contribution is 5.76. The molecule has 0 spiro atoms.